The first-order valence-corrected chi connectivity index (χ1v) is 27.8. The van der Waals surface area contributed by atoms with Crippen molar-refractivity contribution in [2.75, 3.05) is 40.9 Å². The first-order chi connectivity index (χ1) is 29.0. The zero-order chi connectivity index (χ0) is 44.3. The molecule has 3 atom stereocenters. The van der Waals surface area contributed by atoms with Crippen LogP contribution in [-0.2, 0) is 18.4 Å². The third-order valence-electron chi connectivity index (χ3n) is 12.3. The zero-order valence-electron chi connectivity index (χ0n) is 40.9. The molecule has 0 aromatic heterocycles. The fourth-order valence-electron chi connectivity index (χ4n) is 8.16. The van der Waals surface area contributed by atoms with Crippen LogP contribution in [0.4, 0.5) is 0 Å². The number of nitrogens with zero attached hydrogens (tertiary/aromatic N) is 1. The van der Waals surface area contributed by atoms with Gasteiger partial charge in [0.05, 0.1) is 39.9 Å². The number of likely N-dealkylation sites (N-methyl/N-ethyl adjacent to an activating group) is 1. The van der Waals surface area contributed by atoms with E-state index >= 15 is 0 Å². The second-order valence-electron chi connectivity index (χ2n) is 19.6. The molecular weight excluding hydrogens is 768 g/mol. The Balaban J connectivity index is 3.60. The van der Waals surface area contributed by atoms with Gasteiger partial charge in [0, 0.05) is 6.42 Å². The van der Waals surface area contributed by atoms with Crippen LogP contribution in [0.25, 0.3) is 0 Å². The van der Waals surface area contributed by atoms with Gasteiger partial charge in [0.25, 0.3) is 7.82 Å². The Bertz CT molecular complexity index is 947. The highest BCUT2D eigenvalue weighted by molar-refractivity contribution is 7.45. The van der Waals surface area contributed by atoms with Gasteiger partial charge in [-0.15, -0.1) is 0 Å². The molecule has 0 spiro atoms. The molecule has 0 heterocycles. The Labute approximate surface area is 374 Å². The number of aliphatic hydroxyl groups excluding tert-OH is 1. The van der Waals surface area contributed by atoms with Gasteiger partial charge < -0.3 is 28.8 Å². The molecule has 0 aliphatic heterocycles. The van der Waals surface area contributed by atoms with E-state index in [1.165, 1.54) is 205 Å². The number of phosphoric acid groups is 1. The summed E-state index contributed by atoms with van der Waals surface area (Å²) in [6.07, 6.45) is 51.1. The molecule has 0 saturated carbocycles. The molecular formula is C51H105N2O6P. The van der Waals surface area contributed by atoms with E-state index in [-0.39, 0.29) is 19.1 Å². The van der Waals surface area contributed by atoms with E-state index in [1.54, 1.807) is 0 Å². The van der Waals surface area contributed by atoms with Gasteiger partial charge in [0.1, 0.15) is 13.2 Å². The van der Waals surface area contributed by atoms with E-state index in [2.05, 4.69) is 19.2 Å². The van der Waals surface area contributed by atoms with Crippen LogP contribution >= 0.6 is 7.82 Å². The van der Waals surface area contributed by atoms with Crippen LogP contribution in [0.15, 0.2) is 0 Å². The third-order valence-corrected chi connectivity index (χ3v) is 13.3. The maximum Gasteiger partial charge on any atom is 0.268 e. The highest BCUT2D eigenvalue weighted by atomic mass is 31.2. The van der Waals surface area contributed by atoms with Crippen LogP contribution in [0.5, 0.6) is 0 Å². The van der Waals surface area contributed by atoms with Crippen LogP contribution < -0.4 is 10.2 Å². The quantitative estimate of drug-likeness (QED) is 0.0358. The van der Waals surface area contributed by atoms with Gasteiger partial charge in [-0.05, 0) is 12.8 Å². The van der Waals surface area contributed by atoms with E-state index in [4.69, 9.17) is 9.05 Å². The molecule has 0 aromatic rings. The van der Waals surface area contributed by atoms with Gasteiger partial charge in [-0.25, -0.2) is 0 Å². The SMILES string of the molecule is CCCCCCCCCCCCCCCCCCCCCCCCCCCCCCCCCCCCCC(=O)NC(COP(=O)([O-])OCC[N+](C)(C)C)C(O)CCCCC. The summed E-state index contributed by atoms with van der Waals surface area (Å²) in [5.74, 6) is -0.170. The number of nitrogens with one attached hydrogen (secondary N) is 1. The Morgan fingerprint density at radius 3 is 1.13 bits per heavy atom. The second kappa shape index (κ2) is 43.7. The van der Waals surface area contributed by atoms with E-state index in [0.717, 1.165) is 38.5 Å². The molecule has 0 rings (SSSR count). The monoisotopic (exact) mass is 873 g/mol. The second-order valence-corrected chi connectivity index (χ2v) is 21.0. The van der Waals surface area contributed by atoms with Crippen LogP contribution in [-0.4, -0.2) is 68.5 Å². The number of hydrogen-bond donors (Lipinski definition) is 2. The minimum absolute atomic E-state index is 0.0140. The number of rotatable bonds is 49. The van der Waals surface area contributed by atoms with E-state index in [1.807, 2.05) is 21.1 Å². The van der Waals surface area contributed by atoms with Gasteiger partial charge in [0.2, 0.25) is 5.91 Å². The summed E-state index contributed by atoms with van der Waals surface area (Å²) >= 11 is 0. The molecule has 8 nitrogen and oxygen atoms in total. The fourth-order valence-corrected chi connectivity index (χ4v) is 8.88. The van der Waals surface area contributed by atoms with Crippen molar-refractivity contribution in [3.63, 3.8) is 0 Å². The van der Waals surface area contributed by atoms with Crippen molar-refractivity contribution in [1.29, 1.82) is 0 Å². The lowest BCUT2D eigenvalue weighted by Crippen LogP contribution is -2.46. The van der Waals surface area contributed by atoms with Gasteiger partial charge in [-0.2, -0.15) is 0 Å². The minimum atomic E-state index is -4.54. The lowest BCUT2D eigenvalue weighted by molar-refractivity contribution is -0.870. The number of aliphatic hydroxyl groups is 1. The van der Waals surface area contributed by atoms with Gasteiger partial charge in [-0.1, -0.05) is 251 Å². The molecule has 2 N–H and O–H groups in total. The number of phosphoric ester groups is 1. The molecule has 9 heteroatoms. The average Bonchev–Trinajstić information content (AvgIpc) is 3.20. The number of unbranched alkanes of at least 4 members (excludes halogenated alkanes) is 36. The van der Waals surface area contributed by atoms with Crippen molar-refractivity contribution < 1.29 is 32.9 Å². The number of amides is 1. The lowest BCUT2D eigenvalue weighted by atomic mass is 10.0. The van der Waals surface area contributed by atoms with Crippen molar-refractivity contribution in [2.24, 2.45) is 0 Å². The topological polar surface area (TPSA) is 108 Å². The number of quaternary nitrogens is 1. The number of hydrogen-bond acceptors (Lipinski definition) is 6. The van der Waals surface area contributed by atoms with Gasteiger partial charge in [-0.3, -0.25) is 9.36 Å². The van der Waals surface area contributed by atoms with E-state index < -0.39 is 20.0 Å². The summed E-state index contributed by atoms with van der Waals surface area (Å²) in [4.78, 5) is 25.0. The normalized spacial score (nSPS) is 14.1. The summed E-state index contributed by atoms with van der Waals surface area (Å²) in [5, 5.41) is 13.6. The molecule has 0 radical (unpaired) electrons. The molecule has 1 amide bonds. The van der Waals surface area contributed by atoms with Crippen LogP contribution in [0.3, 0.4) is 0 Å². The van der Waals surface area contributed by atoms with Crippen molar-refractivity contribution in [3.8, 4) is 0 Å². The van der Waals surface area contributed by atoms with Gasteiger partial charge in [0.15, 0.2) is 0 Å². The van der Waals surface area contributed by atoms with Crippen molar-refractivity contribution in [1.82, 2.24) is 5.32 Å². The molecule has 0 aliphatic carbocycles. The van der Waals surface area contributed by atoms with E-state index in [0.29, 0.717) is 23.9 Å². The predicted octanol–water partition coefficient (Wildman–Crippen LogP) is 14.7. The Morgan fingerprint density at radius 1 is 0.517 bits per heavy atom. The molecule has 360 valence electrons. The predicted molar refractivity (Wildman–Crippen MR) is 256 cm³/mol. The van der Waals surface area contributed by atoms with Crippen LogP contribution in [0, 0.1) is 0 Å². The summed E-state index contributed by atoms with van der Waals surface area (Å²) < 4.78 is 23.0. The Morgan fingerprint density at radius 2 is 0.817 bits per heavy atom. The molecule has 0 aromatic carbocycles. The average molecular weight is 873 g/mol. The molecule has 0 fully saturated rings. The molecule has 60 heavy (non-hydrogen) atoms. The highest BCUT2D eigenvalue weighted by Crippen LogP contribution is 2.38. The Kier molecular flexibility index (Phi) is 43.4. The maximum absolute atomic E-state index is 12.7. The maximum atomic E-state index is 12.7. The lowest BCUT2D eigenvalue weighted by Gasteiger charge is -2.30. The minimum Gasteiger partial charge on any atom is -0.756 e. The van der Waals surface area contributed by atoms with Crippen molar-refractivity contribution >= 4 is 13.7 Å². The highest BCUT2D eigenvalue weighted by Gasteiger charge is 2.24. The summed E-state index contributed by atoms with van der Waals surface area (Å²) in [5.41, 5.74) is 0. The third kappa shape index (κ3) is 45.5. The van der Waals surface area contributed by atoms with E-state index in [9.17, 15) is 19.4 Å². The molecule has 0 bridgehead atoms. The Hall–Kier alpha value is -0.500. The van der Waals surface area contributed by atoms with Crippen LogP contribution in [0.1, 0.15) is 271 Å². The van der Waals surface area contributed by atoms with Crippen LogP contribution in [0.2, 0.25) is 0 Å². The number of carbonyl (C=O) groups excluding carboxylic acids is 1. The fraction of sp³-hybridized carbons (Fsp3) is 0.980. The van der Waals surface area contributed by atoms with Crippen molar-refractivity contribution in [3.05, 3.63) is 0 Å². The number of carbonyl (C=O) groups is 1. The zero-order valence-corrected chi connectivity index (χ0v) is 41.8. The summed E-state index contributed by atoms with van der Waals surface area (Å²) in [6.45, 7) is 4.58. The standard InChI is InChI=1S/C51H105N2O6P/c1-6-8-10-11-12-13-14-15-16-17-18-19-20-21-22-23-24-25-26-27-28-29-30-31-32-33-34-35-36-37-38-39-40-41-43-45-51(55)52-49(50(54)44-42-9-7-2)48-59-60(56,57)58-47-46-53(3,4)5/h49-50,54H,6-48H2,1-5H3,(H-,52,55,56,57). The summed E-state index contributed by atoms with van der Waals surface area (Å²) in [6, 6.07) is -0.790. The molecule has 0 aliphatic rings. The largest absolute Gasteiger partial charge is 0.756 e. The first-order valence-electron chi connectivity index (χ1n) is 26.4. The smallest absolute Gasteiger partial charge is 0.268 e. The molecule has 3 unspecified atom stereocenters. The van der Waals surface area contributed by atoms with Crippen molar-refractivity contribution in [2.45, 2.75) is 283 Å². The molecule has 0 saturated heterocycles. The summed E-state index contributed by atoms with van der Waals surface area (Å²) in [7, 11) is 1.31. The first kappa shape index (κ1) is 59.5. The van der Waals surface area contributed by atoms with Gasteiger partial charge >= 0.3 is 0 Å².